The van der Waals surface area contributed by atoms with Crippen molar-refractivity contribution in [1.82, 2.24) is 5.01 Å². The normalized spacial score (nSPS) is 20.5. The zero-order chi connectivity index (χ0) is 16.4. The fourth-order valence-electron chi connectivity index (χ4n) is 2.44. The Morgan fingerprint density at radius 3 is 2.39 bits per heavy atom. The van der Waals surface area contributed by atoms with Gasteiger partial charge in [-0.15, -0.1) is 0 Å². The number of aromatic hydroxyl groups is 1. The topological polar surface area (TPSA) is 64.9 Å². The molecule has 1 unspecified atom stereocenters. The number of phenolic OH excluding ortho intramolecular Hbond substituents is 1. The Morgan fingerprint density at radius 1 is 1.13 bits per heavy atom. The van der Waals surface area contributed by atoms with E-state index >= 15 is 0 Å². The predicted molar refractivity (Wildman–Crippen MR) is 93.3 cm³/mol. The van der Waals surface area contributed by atoms with Crippen LogP contribution in [0.5, 0.6) is 5.75 Å². The lowest BCUT2D eigenvalue weighted by Crippen LogP contribution is -2.42. The van der Waals surface area contributed by atoms with Crippen molar-refractivity contribution in [3.05, 3.63) is 60.2 Å². The smallest absolute Gasteiger partial charge is 0.279 e. The Labute approximate surface area is 139 Å². The van der Waals surface area contributed by atoms with E-state index in [-0.39, 0.29) is 11.7 Å². The number of nitrogens with one attached hydrogen (secondary N) is 1. The first-order chi connectivity index (χ1) is 11.0. The first-order valence-corrected chi connectivity index (χ1v) is 8.36. The molecule has 2 aromatic rings. The van der Waals surface area contributed by atoms with Crippen LogP contribution in [0.2, 0.25) is 0 Å². The molecule has 0 radical (unpaired) electrons. The maximum Gasteiger partial charge on any atom is 0.279 e. The van der Waals surface area contributed by atoms with Gasteiger partial charge in [0.1, 0.15) is 5.75 Å². The summed E-state index contributed by atoms with van der Waals surface area (Å²) in [4.78, 5) is 17.6. The maximum atomic E-state index is 13.0. The van der Waals surface area contributed by atoms with Gasteiger partial charge >= 0.3 is 0 Å². The number of para-hydroxylation sites is 1. The first kappa shape index (κ1) is 15.4. The molecule has 0 aliphatic carbocycles. The lowest BCUT2D eigenvalue weighted by molar-refractivity contribution is -0.129. The van der Waals surface area contributed by atoms with Crippen molar-refractivity contribution >= 4 is 28.5 Å². The van der Waals surface area contributed by atoms with Crippen molar-refractivity contribution in [2.24, 2.45) is 4.99 Å². The highest BCUT2D eigenvalue weighted by Crippen LogP contribution is 2.36. The molecule has 0 bridgehead atoms. The molecule has 1 aliphatic rings. The van der Waals surface area contributed by atoms with Gasteiger partial charge in [-0.3, -0.25) is 10.2 Å². The van der Waals surface area contributed by atoms with Gasteiger partial charge in [-0.2, -0.15) is 5.01 Å². The summed E-state index contributed by atoms with van der Waals surface area (Å²) in [5, 5.41) is 11.5. The SMILES string of the molecule is CSC1=NC(C)(c2ccc(O)cc2)C(=O)N1Nc1ccccc1. The Hall–Kier alpha value is -2.47. The summed E-state index contributed by atoms with van der Waals surface area (Å²) in [6.45, 7) is 1.78. The number of aliphatic imine (C=N–C) groups is 1. The number of hydrogen-bond donors (Lipinski definition) is 2. The summed E-state index contributed by atoms with van der Waals surface area (Å²) in [6.07, 6.45) is 1.88. The fraction of sp³-hybridized carbons (Fsp3) is 0.176. The van der Waals surface area contributed by atoms with Crippen molar-refractivity contribution in [3.8, 4) is 5.75 Å². The van der Waals surface area contributed by atoms with E-state index in [1.54, 1.807) is 31.2 Å². The molecule has 2 aromatic carbocycles. The van der Waals surface area contributed by atoms with Crippen molar-refractivity contribution in [3.63, 3.8) is 0 Å². The molecule has 23 heavy (non-hydrogen) atoms. The van der Waals surface area contributed by atoms with Crippen LogP contribution >= 0.6 is 11.8 Å². The van der Waals surface area contributed by atoms with Gasteiger partial charge in [0.15, 0.2) is 10.7 Å². The lowest BCUT2D eigenvalue weighted by atomic mass is 9.92. The maximum absolute atomic E-state index is 13.0. The zero-order valence-electron chi connectivity index (χ0n) is 12.9. The highest BCUT2D eigenvalue weighted by atomic mass is 32.2. The third-order valence-electron chi connectivity index (χ3n) is 3.76. The molecule has 0 saturated heterocycles. The Balaban J connectivity index is 1.94. The summed E-state index contributed by atoms with van der Waals surface area (Å²) in [5.41, 5.74) is 3.66. The van der Waals surface area contributed by atoms with E-state index in [4.69, 9.17) is 0 Å². The number of hydrogen-bond acceptors (Lipinski definition) is 5. The highest BCUT2D eigenvalue weighted by molar-refractivity contribution is 8.13. The Kier molecular flexibility index (Phi) is 4.00. The number of carbonyl (C=O) groups is 1. The molecular weight excluding hydrogens is 310 g/mol. The van der Waals surface area contributed by atoms with Crippen LogP contribution in [0, 0.1) is 0 Å². The quantitative estimate of drug-likeness (QED) is 0.909. The van der Waals surface area contributed by atoms with E-state index in [0.717, 1.165) is 11.3 Å². The molecule has 3 rings (SSSR count). The zero-order valence-corrected chi connectivity index (χ0v) is 13.7. The van der Waals surface area contributed by atoms with E-state index in [1.807, 2.05) is 36.6 Å². The minimum Gasteiger partial charge on any atom is -0.508 e. The van der Waals surface area contributed by atoms with Gasteiger partial charge in [-0.25, -0.2) is 4.99 Å². The summed E-state index contributed by atoms with van der Waals surface area (Å²) < 4.78 is 0. The molecule has 1 heterocycles. The number of nitrogens with zero attached hydrogens (tertiary/aromatic N) is 2. The third kappa shape index (κ3) is 2.77. The molecule has 0 spiro atoms. The van der Waals surface area contributed by atoms with Crippen molar-refractivity contribution in [1.29, 1.82) is 0 Å². The van der Waals surface area contributed by atoms with Crippen LogP contribution < -0.4 is 5.43 Å². The van der Waals surface area contributed by atoms with E-state index in [1.165, 1.54) is 16.8 Å². The van der Waals surface area contributed by atoms with Crippen molar-refractivity contribution in [2.75, 3.05) is 11.7 Å². The number of amidine groups is 1. The van der Waals surface area contributed by atoms with Crippen LogP contribution in [-0.4, -0.2) is 27.4 Å². The monoisotopic (exact) mass is 327 g/mol. The van der Waals surface area contributed by atoms with Crippen LogP contribution in [-0.2, 0) is 10.3 Å². The van der Waals surface area contributed by atoms with Gasteiger partial charge in [0.05, 0.1) is 5.69 Å². The number of benzene rings is 2. The van der Waals surface area contributed by atoms with E-state index in [0.29, 0.717) is 5.17 Å². The number of hydrazine groups is 1. The first-order valence-electron chi connectivity index (χ1n) is 7.14. The third-order valence-corrected chi connectivity index (χ3v) is 4.40. The number of carbonyl (C=O) groups excluding carboxylic acids is 1. The molecule has 6 heteroatoms. The molecule has 0 aromatic heterocycles. The Bertz CT molecular complexity index is 746. The largest absolute Gasteiger partial charge is 0.508 e. The second-order valence-electron chi connectivity index (χ2n) is 5.34. The van der Waals surface area contributed by atoms with Crippen LogP contribution in [0.4, 0.5) is 5.69 Å². The van der Waals surface area contributed by atoms with E-state index in [2.05, 4.69) is 10.4 Å². The lowest BCUT2D eigenvalue weighted by Gasteiger charge is -2.24. The van der Waals surface area contributed by atoms with Crippen LogP contribution in [0.15, 0.2) is 59.6 Å². The fourth-order valence-corrected chi connectivity index (χ4v) is 3.03. The summed E-state index contributed by atoms with van der Waals surface area (Å²) in [6, 6.07) is 16.1. The Morgan fingerprint density at radius 2 is 1.78 bits per heavy atom. The second kappa shape index (κ2) is 5.96. The van der Waals surface area contributed by atoms with Crippen LogP contribution in [0.1, 0.15) is 12.5 Å². The molecule has 1 aliphatic heterocycles. The van der Waals surface area contributed by atoms with Gasteiger partial charge in [0.25, 0.3) is 5.91 Å². The van der Waals surface area contributed by atoms with Gasteiger partial charge in [0.2, 0.25) is 0 Å². The van der Waals surface area contributed by atoms with Crippen LogP contribution in [0.3, 0.4) is 0 Å². The number of anilines is 1. The van der Waals surface area contributed by atoms with E-state index in [9.17, 15) is 9.90 Å². The summed E-state index contributed by atoms with van der Waals surface area (Å²) in [7, 11) is 0. The minimum absolute atomic E-state index is 0.156. The van der Waals surface area contributed by atoms with Crippen molar-refractivity contribution < 1.29 is 9.90 Å². The molecule has 5 nitrogen and oxygen atoms in total. The average Bonchev–Trinajstić information content (AvgIpc) is 2.82. The number of thioether (sulfide) groups is 1. The number of rotatable bonds is 3. The standard InChI is InChI=1S/C17H17N3O2S/c1-17(12-8-10-14(21)11-9-12)15(22)20(16(18-17)23-2)19-13-6-4-3-5-7-13/h3-11,19,21H,1-2H3. The second-order valence-corrected chi connectivity index (χ2v) is 6.11. The van der Waals surface area contributed by atoms with Gasteiger partial charge < -0.3 is 5.11 Å². The molecule has 0 fully saturated rings. The van der Waals surface area contributed by atoms with Gasteiger partial charge in [-0.05, 0) is 43.0 Å². The predicted octanol–water partition coefficient (Wildman–Crippen LogP) is 3.20. The number of phenols is 1. The number of amides is 1. The average molecular weight is 327 g/mol. The molecule has 1 atom stereocenters. The molecule has 2 N–H and O–H groups in total. The van der Waals surface area contributed by atoms with Gasteiger partial charge in [0, 0.05) is 0 Å². The molecule has 1 amide bonds. The molecular formula is C17H17N3O2S. The van der Waals surface area contributed by atoms with Crippen molar-refractivity contribution in [2.45, 2.75) is 12.5 Å². The van der Waals surface area contributed by atoms with Gasteiger partial charge in [-0.1, -0.05) is 42.1 Å². The summed E-state index contributed by atoms with van der Waals surface area (Å²) >= 11 is 1.41. The van der Waals surface area contributed by atoms with Crippen LogP contribution in [0.25, 0.3) is 0 Å². The molecule has 118 valence electrons. The molecule has 0 saturated carbocycles. The minimum atomic E-state index is -1.01. The van der Waals surface area contributed by atoms with E-state index < -0.39 is 5.54 Å². The summed E-state index contributed by atoms with van der Waals surface area (Å²) in [5.74, 6) is 0.00697. The highest BCUT2D eigenvalue weighted by Gasteiger charge is 2.46.